The number of benzene rings is 1. The van der Waals surface area contributed by atoms with Gasteiger partial charge in [0.25, 0.3) is 5.91 Å². The maximum atomic E-state index is 13.1. The molecule has 0 radical (unpaired) electrons. The third-order valence-corrected chi connectivity index (χ3v) is 4.09. The maximum Gasteiger partial charge on any atom is 0.306 e. The van der Waals surface area contributed by atoms with Crippen LogP contribution in [0, 0.1) is 5.82 Å². The van der Waals surface area contributed by atoms with Crippen LogP contribution in [0.25, 0.3) is 0 Å². The van der Waals surface area contributed by atoms with Crippen LogP contribution >= 0.6 is 11.3 Å². The Morgan fingerprint density at radius 1 is 1.26 bits per heavy atom. The summed E-state index contributed by atoms with van der Waals surface area (Å²) in [4.78, 5) is 24.3. The van der Waals surface area contributed by atoms with E-state index >= 15 is 0 Å². The molecular weight excluding hydrogens is 317 g/mol. The molecule has 1 heterocycles. The minimum absolute atomic E-state index is 0.291. The minimum Gasteiger partial charge on any atom is -0.456 e. The van der Waals surface area contributed by atoms with E-state index in [1.807, 2.05) is 24.4 Å². The van der Waals surface area contributed by atoms with E-state index in [0.29, 0.717) is 12.8 Å². The lowest BCUT2D eigenvalue weighted by Gasteiger charge is -2.18. The minimum atomic E-state index is -0.395. The van der Waals surface area contributed by atoms with Crippen LogP contribution < -0.4 is 5.32 Å². The Bertz CT molecular complexity index is 640. The molecule has 1 N–H and O–H groups in total. The van der Waals surface area contributed by atoms with Crippen molar-refractivity contribution in [2.75, 3.05) is 6.61 Å². The number of ether oxygens (including phenoxy) is 1. The van der Waals surface area contributed by atoms with Gasteiger partial charge >= 0.3 is 5.97 Å². The quantitative estimate of drug-likeness (QED) is 0.789. The number of hydrogen-bond donors (Lipinski definition) is 1. The number of nitrogens with one attached hydrogen (secondary N) is 1. The molecule has 1 aromatic carbocycles. The van der Waals surface area contributed by atoms with Gasteiger partial charge in [-0.25, -0.2) is 4.39 Å². The van der Waals surface area contributed by atoms with Gasteiger partial charge in [-0.2, -0.15) is 0 Å². The molecule has 0 aliphatic rings. The molecule has 0 aliphatic heterocycles. The molecular formula is C17H18FNO3S. The Labute approximate surface area is 138 Å². The van der Waals surface area contributed by atoms with Gasteiger partial charge in [-0.1, -0.05) is 25.1 Å². The van der Waals surface area contributed by atoms with Crippen molar-refractivity contribution < 1.29 is 18.7 Å². The van der Waals surface area contributed by atoms with Gasteiger partial charge in [-0.3, -0.25) is 9.59 Å². The molecule has 2 rings (SSSR count). The molecule has 0 aliphatic carbocycles. The van der Waals surface area contributed by atoms with E-state index in [4.69, 9.17) is 4.74 Å². The summed E-state index contributed by atoms with van der Waals surface area (Å²) in [7, 11) is 0. The van der Waals surface area contributed by atoms with E-state index in [-0.39, 0.29) is 12.4 Å². The molecule has 122 valence electrons. The van der Waals surface area contributed by atoms with Crippen LogP contribution in [0.5, 0.6) is 0 Å². The number of rotatable bonds is 7. The van der Waals surface area contributed by atoms with Crippen LogP contribution in [0.15, 0.2) is 41.8 Å². The van der Waals surface area contributed by atoms with Gasteiger partial charge in [-0.15, -0.1) is 11.3 Å². The number of halogens is 1. The third kappa shape index (κ3) is 5.17. The van der Waals surface area contributed by atoms with E-state index < -0.39 is 17.9 Å². The summed E-state index contributed by atoms with van der Waals surface area (Å²) in [6.07, 6.45) is 0.966. The summed E-state index contributed by atoms with van der Waals surface area (Å²) in [6, 6.07) is 9.33. The first-order chi connectivity index (χ1) is 11.1. The second-order valence-electron chi connectivity index (χ2n) is 4.98. The van der Waals surface area contributed by atoms with Crippen LogP contribution in [0.3, 0.4) is 0 Å². The van der Waals surface area contributed by atoms with Gasteiger partial charge in [0.15, 0.2) is 6.61 Å². The van der Waals surface area contributed by atoms with Crippen molar-refractivity contribution in [1.29, 1.82) is 0 Å². The summed E-state index contributed by atoms with van der Waals surface area (Å²) in [5.41, 5.74) is 0.766. The maximum absolute atomic E-state index is 13.1. The lowest BCUT2D eigenvalue weighted by atomic mass is 10.1. The Morgan fingerprint density at radius 3 is 2.61 bits per heavy atom. The number of esters is 1. The zero-order chi connectivity index (χ0) is 16.7. The molecule has 0 fully saturated rings. The van der Waals surface area contributed by atoms with Gasteiger partial charge in [0.2, 0.25) is 0 Å². The van der Waals surface area contributed by atoms with E-state index in [9.17, 15) is 14.0 Å². The van der Waals surface area contributed by atoms with Gasteiger partial charge < -0.3 is 10.1 Å². The fraction of sp³-hybridized carbons (Fsp3) is 0.294. The molecule has 4 nitrogen and oxygen atoms in total. The second kappa shape index (κ2) is 8.43. The Morgan fingerprint density at radius 2 is 2.00 bits per heavy atom. The van der Waals surface area contributed by atoms with Crippen LogP contribution in [-0.4, -0.2) is 18.5 Å². The largest absolute Gasteiger partial charge is 0.456 e. The predicted molar refractivity (Wildman–Crippen MR) is 86.6 cm³/mol. The normalized spacial score (nSPS) is 11.7. The molecule has 1 aromatic heterocycles. The van der Waals surface area contributed by atoms with Crippen molar-refractivity contribution in [1.82, 2.24) is 5.32 Å². The van der Waals surface area contributed by atoms with Crippen LogP contribution in [0.4, 0.5) is 4.39 Å². The monoisotopic (exact) mass is 335 g/mol. The Hall–Kier alpha value is -2.21. The number of hydrogen-bond acceptors (Lipinski definition) is 4. The summed E-state index contributed by atoms with van der Waals surface area (Å²) >= 11 is 1.49. The molecule has 1 atom stereocenters. The summed E-state index contributed by atoms with van der Waals surface area (Å²) in [6.45, 7) is 1.55. The molecule has 0 saturated carbocycles. The lowest BCUT2D eigenvalue weighted by Crippen LogP contribution is -2.32. The van der Waals surface area contributed by atoms with E-state index in [1.54, 1.807) is 12.1 Å². The van der Waals surface area contributed by atoms with Crippen molar-refractivity contribution in [3.05, 3.63) is 58.0 Å². The molecule has 0 spiro atoms. The zero-order valence-electron chi connectivity index (χ0n) is 12.8. The van der Waals surface area contributed by atoms with Crippen LogP contribution in [0.1, 0.15) is 36.2 Å². The first kappa shape index (κ1) is 17.1. The molecule has 1 amide bonds. The first-order valence-electron chi connectivity index (χ1n) is 7.34. The summed E-state index contributed by atoms with van der Waals surface area (Å²) in [5, 5.41) is 4.73. The van der Waals surface area contributed by atoms with E-state index in [0.717, 1.165) is 10.4 Å². The van der Waals surface area contributed by atoms with Gasteiger partial charge in [0.1, 0.15) is 5.82 Å². The van der Waals surface area contributed by atoms with Crippen molar-refractivity contribution in [2.24, 2.45) is 0 Å². The molecule has 0 unspecified atom stereocenters. The van der Waals surface area contributed by atoms with Crippen molar-refractivity contribution in [3.8, 4) is 0 Å². The smallest absolute Gasteiger partial charge is 0.306 e. The van der Waals surface area contributed by atoms with Crippen molar-refractivity contribution >= 4 is 23.2 Å². The lowest BCUT2D eigenvalue weighted by molar-refractivity contribution is -0.148. The molecule has 0 bridgehead atoms. The highest BCUT2D eigenvalue weighted by Crippen LogP contribution is 2.26. The highest BCUT2D eigenvalue weighted by molar-refractivity contribution is 7.10. The Kier molecular flexibility index (Phi) is 6.29. The van der Waals surface area contributed by atoms with E-state index in [2.05, 4.69) is 5.32 Å². The van der Waals surface area contributed by atoms with Crippen molar-refractivity contribution in [2.45, 2.75) is 25.8 Å². The summed E-state index contributed by atoms with van der Waals surface area (Å²) in [5.74, 6) is -1.12. The SMILES string of the molecule is CCCC(=O)OCC(=O)N[C@@H](c1ccc(F)cc1)c1cccs1. The highest BCUT2D eigenvalue weighted by Gasteiger charge is 2.18. The van der Waals surface area contributed by atoms with Crippen molar-refractivity contribution in [3.63, 3.8) is 0 Å². The number of amides is 1. The average Bonchev–Trinajstić information content (AvgIpc) is 3.06. The molecule has 0 saturated heterocycles. The van der Waals surface area contributed by atoms with Gasteiger partial charge in [0.05, 0.1) is 6.04 Å². The fourth-order valence-corrected chi connectivity index (χ4v) is 2.86. The fourth-order valence-electron chi connectivity index (χ4n) is 2.05. The highest BCUT2D eigenvalue weighted by atomic mass is 32.1. The Balaban J connectivity index is 2.05. The predicted octanol–water partition coefficient (Wildman–Crippen LogP) is 3.44. The average molecular weight is 335 g/mol. The summed E-state index contributed by atoms with van der Waals surface area (Å²) < 4.78 is 18.0. The number of thiophene rings is 1. The van der Waals surface area contributed by atoms with Crippen LogP contribution in [-0.2, 0) is 14.3 Å². The topological polar surface area (TPSA) is 55.4 Å². The third-order valence-electron chi connectivity index (χ3n) is 3.15. The number of carbonyl (C=O) groups excluding carboxylic acids is 2. The number of carbonyl (C=O) groups is 2. The first-order valence-corrected chi connectivity index (χ1v) is 8.22. The molecule has 6 heteroatoms. The van der Waals surface area contributed by atoms with Crippen LogP contribution in [0.2, 0.25) is 0 Å². The second-order valence-corrected chi connectivity index (χ2v) is 5.96. The molecule has 2 aromatic rings. The molecule has 23 heavy (non-hydrogen) atoms. The van der Waals surface area contributed by atoms with Gasteiger partial charge in [0, 0.05) is 11.3 Å². The van der Waals surface area contributed by atoms with Gasteiger partial charge in [-0.05, 0) is 35.6 Å². The zero-order valence-corrected chi connectivity index (χ0v) is 13.6. The van der Waals surface area contributed by atoms with E-state index in [1.165, 1.54) is 23.5 Å². The standard InChI is InChI=1S/C17H18FNO3S/c1-2-4-16(21)22-11-15(20)19-17(14-5-3-10-23-14)12-6-8-13(18)9-7-12/h3,5-10,17H,2,4,11H2,1H3,(H,19,20)/t17-/m0/s1.